The second kappa shape index (κ2) is 7.65. The van der Waals surface area contributed by atoms with E-state index in [1.165, 1.54) is 17.7 Å². The molecule has 1 aromatic rings. The third-order valence-corrected chi connectivity index (χ3v) is 3.67. The van der Waals surface area contributed by atoms with Crippen molar-refractivity contribution < 1.29 is 5.11 Å². The Balaban J connectivity index is 2.24. The molecule has 1 unspecified atom stereocenters. The molecule has 0 aliphatic carbocycles. The van der Waals surface area contributed by atoms with Crippen molar-refractivity contribution in [3.8, 4) is 0 Å². The number of aliphatic hydroxyl groups excluding tert-OH is 1. The Kier molecular flexibility index (Phi) is 6.45. The molecule has 0 spiro atoms. The molecule has 1 aromatic heterocycles. The van der Waals surface area contributed by atoms with Crippen LogP contribution in [-0.2, 0) is 6.54 Å². The highest BCUT2D eigenvalue weighted by Crippen LogP contribution is 2.18. The lowest BCUT2D eigenvalue weighted by Crippen LogP contribution is -2.23. The topological polar surface area (TPSA) is 58.3 Å². The van der Waals surface area contributed by atoms with Crippen LogP contribution in [-0.4, -0.2) is 18.3 Å². The molecule has 4 N–H and O–H groups in total. The van der Waals surface area contributed by atoms with Gasteiger partial charge in [-0.2, -0.15) is 0 Å². The third-order valence-electron chi connectivity index (χ3n) is 2.73. The van der Waals surface area contributed by atoms with Crippen LogP contribution in [0.15, 0.2) is 11.4 Å². The van der Waals surface area contributed by atoms with E-state index in [0.717, 1.165) is 25.2 Å². The molecule has 0 radical (unpaired) electrons. The summed E-state index contributed by atoms with van der Waals surface area (Å²) in [6.07, 6.45) is 3.24. The molecule has 0 saturated carbocycles. The maximum absolute atomic E-state index is 8.95. The molecule has 0 aromatic carbocycles. The van der Waals surface area contributed by atoms with E-state index in [1.807, 2.05) is 11.4 Å². The van der Waals surface area contributed by atoms with Crippen LogP contribution in [0.1, 0.15) is 31.1 Å². The lowest BCUT2D eigenvalue weighted by Gasteiger charge is -2.15. The minimum atomic E-state index is 0.285. The van der Waals surface area contributed by atoms with Gasteiger partial charge in [-0.25, -0.2) is 0 Å². The summed E-state index contributed by atoms with van der Waals surface area (Å²) < 4.78 is 0. The number of rotatable bonds is 8. The van der Waals surface area contributed by atoms with E-state index in [9.17, 15) is 0 Å². The molecule has 16 heavy (non-hydrogen) atoms. The lowest BCUT2D eigenvalue weighted by atomic mass is 10.0. The minimum absolute atomic E-state index is 0.285. The highest BCUT2D eigenvalue weighted by molar-refractivity contribution is 7.10. The standard InChI is InChI=1S/C12H22N2OS/c1-2-3-10(4-6-15)8-14-9-12-11(13)5-7-16-12/h5,7,10,14-15H,2-4,6,8-9,13H2,1H3. The van der Waals surface area contributed by atoms with Crippen LogP contribution in [0.2, 0.25) is 0 Å². The molecule has 1 atom stereocenters. The van der Waals surface area contributed by atoms with Gasteiger partial charge >= 0.3 is 0 Å². The quantitative estimate of drug-likeness (QED) is 0.655. The summed E-state index contributed by atoms with van der Waals surface area (Å²) in [5.74, 6) is 0.580. The van der Waals surface area contributed by atoms with E-state index in [-0.39, 0.29) is 6.61 Å². The largest absolute Gasteiger partial charge is 0.398 e. The predicted octanol–water partition coefficient (Wildman–Crippen LogP) is 2.22. The fourth-order valence-electron chi connectivity index (χ4n) is 1.82. The number of hydrogen-bond donors (Lipinski definition) is 3. The first-order valence-electron chi connectivity index (χ1n) is 5.91. The zero-order valence-corrected chi connectivity index (χ0v) is 10.7. The molecule has 92 valence electrons. The summed E-state index contributed by atoms with van der Waals surface area (Å²) >= 11 is 1.69. The summed E-state index contributed by atoms with van der Waals surface area (Å²) in [7, 11) is 0. The summed E-state index contributed by atoms with van der Waals surface area (Å²) in [4.78, 5) is 1.21. The summed E-state index contributed by atoms with van der Waals surface area (Å²) in [5, 5.41) is 14.4. The van der Waals surface area contributed by atoms with Crippen molar-refractivity contribution in [2.75, 3.05) is 18.9 Å². The van der Waals surface area contributed by atoms with Crippen LogP contribution >= 0.6 is 11.3 Å². The summed E-state index contributed by atoms with van der Waals surface area (Å²) in [6, 6.07) is 1.94. The molecule has 0 fully saturated rings. The number of thiophene rings is 1. The van der Waals surface area contributed by atoms with E-state index >= 15 is 0 Å². The average Bonchev–Trinajstić information content (AvgIpc) is 2.65. The van der Waals surface area contributed by atoms with Gasteiger partial charge in [-0.3, -0.25) is 0 Å². The Labute approximate surface area is 102 Å². The number of aliphatic hydroxyl groups is 1. The van der Waals surface area contributed by atoms with Gasteiger partial charge in [0.1, 0.15) is 0 Å². The normalized spacial score (nSPS) is 12.9. The van der Waals surface area contributed by atoms with Crippen molar-refractivity contribution in [1.29, 1.82) is 0 Å². The third kappa shape index (κ3) is 4.51. The van der Waals surface area contributed by atoms with E-state index in [4.69, 9.17) is 10.8 Å². The Hall–Kier alpha value is -0.580. The molecule has 4 heteroatoms. The van der Waals surface area contributed by atoms with E-state index in [0.29, 0.717) is 5.92 Å². The van der Waals surface area contributed by atoms with Crippen LogP contribution in [0.25, 0.3) is 0 Å². The van der Waals surface area contributed by atoms with Crippen molar-refractivity contribution in [3.05, 3.63) is 16.3 Å². The Morgan fingerprint density at radius 2 is 2.31 bits per heavy atom. The van der Waals surface area contributed by atoms with Crippen LogP contribution in [0.5, 0.6) is 0 Å². The zero-order valence-electron chi connectivity index (χ0n) is 9.91. The number of nitrogen functional groups attached to an aromatic ring is 1. The van der Waals surface area contributed by atoms with Gasteiger partial charge < -0.3 is 16.2 Å². The van der Waals surface area contributed by atoms with Crippen molar-refractivity contribution in [2.45, 2.75) is 32.7 Å². The summed E-state index contributed by atoms with van der Waals surface area (Å²) in [5.41, 5.74) is 6.69. The smallest absolute Gasteiger partial charge is 0.0468 e. The first kappa shape index (κ1) is 13.5. The SMILES string of the molecule is CCCC(CCO)CNCc1sccc1N. The highest BCUT2D eigenvalue weighted by atomic mass is 32.1. The van der Waals surface area contributed by atoms with Gasteiger partial charge in [-0.05, 0) is 36.8 Å². The van der Waals surface area contributed by atoms with Gasteiger partial charge in [-0.1, -0.05) is 13.3 Å². The van der Waals surface area contributed by atoms with E-state index in [1.54, 1.807) is 11.3 Å². The molecule has 0 aliphatic rings. The van der Waals surface area contributed by atoms with Gasteiger partial charge in [-0.15, -0.1) is 11.3 Å². The molecule has 1 rings (SSSR count). The van der Waals surface area contributed by atoms with Crippen LogP contribution in [0.4, 0.5) is 5.69 Å². The second-order valence-electron chi connectivity index (χ2n) is 4.10. The maximum Gasteiger partial charge on any atom is 0.0468 e. The number of nitrogens with two attached hydrogens (primary N) is 1. The average molecular weight is 242 g/mol. The van der Waals surface area contributed by atoms with Gasteiger partial charge in [0.05, 0.1) is 0 Å². The zero-order chi connectivity index (χ0) is 11.8. The minimum Gasteiger partial charge on any atom is -0.398 e. The van der Waals surface area contributed by atoms with Gasteiger partial charge in [0.25, 0.3) is 0 Å². The molecule has 1 heterocycles. The molecule has 0 saturated heterocycles. The van der Waals surface area contributed by atoms with Crippen LogP contribution in [0, 0.1) is 5.92 Å². The van der Waals surface area contributed by atoms with E-state index < -0.39 is 0 Å². The van der Waals surface area contributed by atoms with Crippen LogP contribution in [0.3, 0.4) is 0 Å². The monoisotopic (exact) mass is 242 g/mol. The number of anilines is 1. The molecule has 3 nitrogen and oxygen atoms in total. The Bertz CT molecular complexity index is 282. The second-order valence-corrected chi connectivity index (χ2v) is 5.10. The van der Waals surface area contributed by atoms with Gasteiger partial charge in [0.15, 0.2) is 0 Å². The molecular formula is C12H22N2OS. The fourth-order valence-corrected chi connectivity index (χ4v) is 2.59. The van der Waals surface area contributed by atoms with Crippen LogP contribution < -0.4 is 11.1 Å². The van der Waals surface area contributed by atoms with Crippen molar-refractivity contribution >= 4 is 17.0 Å². The Morgan fingerprint density at radius 1 is 1.50 bits per heavy atom. The van der Waals surface area contributed by atoms with Crippen molar-refractivity contribution in [2.24, 2.45) is 5.92 Å². The molecular weight excluding hydrogens is 220 g/mol. The van der Waals surface area contributed by atoms with Crippen molar-refractivity contribution in [1.82, 2.24) is 5.32 Å². The van der Waals surface area contributed by atoms with Gasteiger partial charge in [0, 0.05) is 23.7 Å². The first-order chi connectivity index (χ1) is 7.77. The number of nitrogens with one attached hydrogen (secondary N) is 1. The van der Waals surface area contributed by atoms with Crippen molar-refractivity contribution in [3.63, 3.8) is 0 Å². The number of hydrogen-bond acceptors (Lipinski definition) is 4. The van der Waals surface area contributed by atoms with Gasteiger partial charge in [0.2, 0.25) is 0 Å². The maximum atomic E-state index is 8.95. The Morgan fingerprint density at radius 3 is 2.88 bits per heavy atom. The molecule has 0 aliphatic heterocycles. The predicted molar refractivity (Wildman–Crippen MR) is 70.5 cm³/mol. The fraction of sp³-hybridized carbons (Fsp3) is 0.667. The highest BCUT2D eigenvalue weighted by Gasteiger charge is 2.07. The first-order valence-corrected chi connectivity index (χ1v) is 6.79. The van der Waals surface area contributed by atoms with E-state index in [2.05, 4.69) is 12.2 Å². The lowest BCUT2D eigenvalue weighted by molar-refractivity contribution is 0.248. The molecule has 0 amide bonds. The molecule has 0 bridgehead atoms. The summed E-state index contributed by atoms with van der Waals surface area (Å²) in [6.45, 7) is 4.27.